The molecule has 0 spiro atoms. The Labute approximate surface area is 84.2 Å². The van der Waals surface area contributed by atoms with E-state index in [1.54, 1.807) is 0 Å². The number of hydrogen-bond donors (Lipinski definition) is 4. The van der Waals surface area contributed by atoms with Crippen molar-refractivity contribution in [3.63, 3.8) is 0 Å². The van der Waals surface area contributed by atoms with E-state index in [0.717, 1.165) is 0 Å². The second kappa shape index (κ2) is 6.05. The molecule has 0 aromatic heterocycles. The van der Waals surface area contributed by atoms with Gasteiger partial charge in [-0.3, -0.25) is 0 Å². The minimum absolute atomic E-state index is 0. The Hall–Kier alpha value is 1.93. The summed E-state index contributed by atoms with van der Waals surface area (Å²) in [4.78, 5) is 29.3. The zero-order valence-electron chi connectivity index (χ0n) is 4.87. The van der Waals surface area contributed by atoms with Gasteiger partial charge in [0.05, 0.1) is 0 Å². The maximum Gasteiger partial charge on any atom is 1.00 e. The third-order valence-corrected chi connectivity index (χ3v) is 0. The molecule has 1 radical (unpaired) electrons. The molecule has 4 nitrogen and oxygen atoms in total. The molecule has 7 heteroatoms. The Morgan fingerprint density at radius 1 is 1.00 bits per heavy atom. The smallest absolute Gasteiger partial charge is 1.00 e. The van der Waals surface area contributed by atoms with Gasteiger partial charge in [-0.05, 0) is 0 Å². The topological polar surface area (TPSA) is 80.9 Å². The number of hydrogen-bond acceptors (Lipinski definition) is 4. The first-order valence-corrected chi connectivity index (χ1v) is 2.68. The van der Waals surface area contributed by atoms with Crippen LogP contribution in [0.4, 0.5) is 0 Å². The van der Waals surface area contributed by atoms with Gasteiger partial charge in [0, 0.05) is 25.8 Å². The third-order valence-electron chi connectivity index (χ3n) is 0. The van der Waals surface area contributed by atoms with Crippen molar-refractivity contribution in [3.05, 3.63) is 0 Å². The molecule has 37 valence electrons. The molecule has 7 heavy (non-hydrogen) atoms. The molecule has 0 saturated heterocycles. The van der Waals surface area contributed by atoms with Gasteiger partial charge in [0.25, 0.3) is 0 Å². The van der Waals surface area contributed by atoms with Crippen LogP contribution in [0.25, 0.3) is 0 Å². The Morgan fingerprint density at radius 3 is 1.00 bits per heavy atom. The van der Waals surface area contributed by atoms with Gasteiger partial charge in [-0.1, -0.05) is 0 Å². The quantitative estimate of drug-likeness (QED) is 0.270. The van der Waals surface area contributed by atoms with Crippen molar-refractivity contribution in [3.8, 4) is 0 Å². The van der Waals surface area contributed by atoms with Gasteiger partial charge in [-0.2, -0.15) is 0 Å². The fourth-order valence-corrected chi connectivity index (χ4v) is 0. The summed E-state index contributed by atoms with van der Waals surface area (Å²) in [5.41, 5.74) is 0. The Kier molecular flexibility index (Phi) is 13.8. The minimum atomic E-state index is -4.61. The van der Waals surface area contributed by atoms with E-state index in [0.29, 0.717) is 0 Å². The predicted molar refractivity (Wildman–Crippen MR) is 15.7 cm³/mol. The fourth-order valence-electron chi connectivity index (χ4n) is 0. The van der Waals surface area contributed by atoms with Gasteiger partial charge in [-0.15, -0.1) is 0 Å². The van der Waals surface area contributed by atoms with Crippen LogP contribution in [0.5, 0.6) is 0 Å². The molecule has 0 heterocycles. The molecule has 0 bridgehead atoms. The van der Waals surface area contributed by atoms with Crippen LogP contribution in [-0.2, 0) is 25.8 Å². The Balaban J connectivity index is -0.0000000267. The van der Waals surface area contributed by atoms with Gasteiger partial charge in [0.15, 0.2) is 0 Å². The molecule has 0 aliphatic rings. The van der Waals surface area contributed by atoms with E-state index in [4.69, 9.17) is 19.2 Å². The van der Waals surface area contributed by atoms with E-state index in [1.807, 2.05) is 0 Å². The number of rotatable bonds is 0. The van der Waals surface area contributed by atoms with E-state index in [2.05, 4.69) is 0 Å². The second-order valence-corrected chi connectivity index (χ2v) is 1.80. The van der Waals surface area contributed by atoms with Crippen LogP contribution in [-0.4, -0.2) is 28.2 Å². The molecule has 0 amide bonds. The summed E-state index contributed by atoms with van der Waals surface area (Å²) < 4.78 is 0. The average molecular weight is 165 g/mol. The van der Waals surface area contributed by atoms with Gasteiger partial charge in [0.1, 0.15) is 0 Å². The van der Waals surface area contributed by atoms with E-state index in [9.17, 15) is 0 Å². The van der Waals surface area contributed by atoms with Crippen LogP contribution < -0.4 is 29.6 Å². The molecule has 0 rings (SSSR count). The van der Waals surface area contributed by atoms with Gasteiger partial charge >= 0.3 is 38.6 Å². The van der Waals surface area contributed by atoms with E-state index in [-0.39, 0.29) is 56.8 Å². The molecular formula is H5NaO4ScSi. The van der Waals surface area contributed by atoms with Crippen LogP contribution in [0.2, 0.25) is 0 Å². The van der Waals surface area contributed by atoms with Crippen molar-refractivity contribution < 1.29 is 76.0 Å². The SMILES string of the molecule is O[Si](O)(O)O.[H-].[Na+].[Sc]. The summed E-state index contributed by atoms with van der Waals surface area (Å²) in [6, 6.07) is 0. The Morgan fingerprint density at radius 2 is 1.00 bits per heavy atom. The Bertz CT molecular complexity index is 31.5. The molecule has 0 fully saturated rings. The molecule has 0 unspecified atom stereocenters. The summed E-state index contributed by atoms with van der Waals surface area (Å²) in [7, 11) is -4.61. The largest absolute Gasteiger partial charge is 1.00 e. The molecule has 0 saturated carbocycles. The van der Waals surface area contributed by atoms with E-state index in [1.165, 1.54) is 0 Å². The normalized spacial score (nSPS) is 8.57. The van der Waals surface area contributed by atoms with Crippen LogP contribution in [0, 0.1) is 0 Å². The first-order chi connectivity index (χ1) is 2.00. The second-order valence-electron chi connectivity index (χ2n) is 0.600. The van der Waals surface area contributed by atoms with Gasteiger partial charge < -0.3 is 20.6 Å². The van der Waals surface area contributed by atoms with E-state index < -0.39 is 9.05 Å². The fraction of sp³-hybridized carbons (Fsp3) is 0. The molecule has 0 atom stereocenters. The zero-order valence-corrected chi connectivity index (χ0v) is 8.67. The summed E-state index contributed by atoms with van der Waals surface area (Å²) in [5, 5.41) is 0. The van der Waals surface area contributed by atoms with Crippen molar-refractivity contribution in [2.45, 2.75) is 0 Å². The first-order valence-electron chi connectivity index (χ1n) is 0.894. The van der Waals surface area contributed by atoms with Gasteiger partial charge in [0.2, 0.25) is 0 Å². The molecule has 4 N–H and O–H groups in total. The van der Waals surface area contributed by atoms with E-state index >= 15 is 0 Å². The van der Waals surface area contributed by atoms with Gasteiger partial charge in [-0.25, -0.2) is 0 Å². The average Bonchev–Trinajstić information content (AvgIpc) is 0.722. The summed E-state index contributed by atoms with van der Waals surface area (Å²) in [6.07, 6.45) is 0. The minimum Gasteiger partial charge on any atom is -1.00 e. The van der Waals surface area contributed by atoms with Crippen molar-refractivity contribution in [2.24, 2.45) is 0 Å². The maximum atomic E-state index is 7.33. The third kappa shape index (κ3) is 75.0. The predicted octanol–water partition coefficient (Wildman–Crippen LogP) is -5.49. The zero-order chi connectivity index (χ0) is 4.50. The molecular weight excluding hydrogens is 160 g/mol. The first kappa shape index (κ1) is 16.0. The standard InChI is InChI=1S/Na.H4O4Si.Sc.H/c;1-5(2,3)4;;/h;1-4H;;/q+1;;;-1. The monoisotopic (exact) mass is 165 g/mol. The van der Waals surface area contributed by atoms with Crippen LogP contribution in [0.1, 0.15) is 1.43 Å². The summed E-state index contributed by atoms with van der Waals surface area (Å²) >= 11 is 0. The molecule has 0 aromatic carbocycles. The van der Waals surface area contributed by atoms with Crippen LogP contribution in [0.15, 0.2) is 0 Å². The van der Waals surface area contributed by atoms with Crippen molar-refractivity contribution in [1.29, 1.82) is 0 Å². The van der Waals surface area contributed by atoms with Crippen LogP contribution >= 0.6 is 0 Å². The van der Waals surface area contributed by atoms with Crippen molar-refractivity contribution in [1.82, 2.24) is 0 Å². The van der Waals surface area contributed by atoms with Crippen molar-refractivity contribution in [2.75, 3.05) is 0 Å². The maximum absolute atomic E-state index is 7.33. The molecule has 0 aliphatic heterocycles. The molecule has 0 aliphatic carbocycles. The van der Waals surface area contributed by atoms with Crippen LogP contribution in [0.3, 0.4) is 0 Å². The summed E-state index contributed by atoms with van der Waals surface area (Å²) in [6.45, 7) is 0. The van der Waals surface area contributed by atoms with Crippen molar-refractivity contribution >= 4 is 9.05 Å². The summed E-state index contributed by atoms with van der Waals surface area (Å²) in [5.74, 6) is 0. The molecule has 0 aromatic rings.